The van der Waals surface area contributed by atoms with E-state index in [4.69, 9.17) is 0 Å². The van der Waals surface area contributed by atoms with E-state index in [1.165, 1.54) is 5.56 Å². The summed E-state index contributed by atoms with van der Waals surface area (Å²) in [6.07, 6.45) is 6.78. The minimum Gasteiger partial charge on any atom is -0.0874 e. The lowest BCUT2D eigenvalue weighted by Gasteiger charge is -1.95. The van der Waals surface area contributed by atoms with Crippen molar-refractivity contribution >= 4 is 22.6 Å². The SMILES string of the molecule is ICC=CCCc1ccccc1. The van der Waals surface area contributed by atoms with Crippen molar-refractivity contribution < 1.29 is 0 Å². The van der Waals surface area contributed by atoms with Crippen LogP contribution < -0.4 is 0 Å². The Hall–Kier alpha value is -0.310. The number of hydrogen-bond acceptors (Lipinski definition) is 0. The quantitative estimate of drug-likeness (QED) is 0.446. The Morgan fingerprint density at radius 1 is 1.08 bits per heavy atom. The van der Waals surface area contributed by atoms with Crippen LogP contribution in [0.3, 0.4) is 0 Å². The molecule has 0 bridgehead atoms. The molecule has 0 spiro atoms. The first kappa shape index (κ1) is 9.78. The number of benzene rings is 1. The van der Waals surface area contributed by atoms with Gasteiger partial charge in [-0.1, -0.05) is 65.1 Å². The van der Waals surface area contributed by atoms with Crippen LogP contribution in [0.4, 0.5) is 0 Å². The van der Waals surface area contributed by atoms with Crippen molar-refractivity contribution in [2.75, 3.05) is 4.43 Å². The standard InChI is InChI=1S/C11H13I/c12-10-6-2-5-9-11-7-3-1-4-8-11/h1-4,6-8H,5,9-10H2. The maximum absolute atomic E-state index is 2.36. The molecule has 12 heavy (non-hydrogen) atoms. The van der Waals surface area contributed by atoms with Crippen molar-refractivity contribution in [3.05, 3.63) is 48.0 Å². The van der Waals surface area contributed by atoms with Crippen LogP contribution in [0.15, 0.2) is 42.5 Å². The van der Waals surface area contributed by atoms with Gasteiger partial charge in [-0.05, 0) is 18.4 Å². The van der Waals surface area contributed by atoms with E-state index >= 15 is 0 Å². The van der Waals surface area contributed by atoms with Crippen LogP contribution in [0.5, 0.6) is 0 Å². The minimum absolute atomic E-state index is 1.12. The molecule has 0 saturated heterocycles. The number of rotatable bonds is 4. The molecule has 0 amide bonds. The summed E-state index contributed by atoms with van der Waals surface area (Å²) < 4.78 is 1.12. The Morgan fingerprint density at radius 3 is 2.50 bits per heavy atom. The highest BCUT2D eigenvalue weighted by molar-refractivity contribution is 14.1. The molecule has 0 aliphatic carbocycles. The van der Waals surface area contributed by atoms with Crippen molar-refractivity contribution in [2.45, 2.75) is 12.8 Å². The molecule has 0 nitrogen and oxygen atoms in total. The van der Waals surface area contributed by atoms with Crippen molar-refractivity contribution in [3.8, 4) is 0 Å². The molecular formula is C11H13I. The number of allylic oxidation sites excluding steroid dienone is 2. The molecule has 1 rings (SSSR count). The molecule has 0 atom stereocenters. The number of hydrogen-bond donors (Lipinski definition) is 0. The Labute approximate surface area is 87.8 Å². The van der Waals surface area contributed by atoms with E-state index in [1.807, 2.05) is 0 Å². The molecule has 1 heteroatoms. The highest BCUT2D eigenvalue weighted by Gasteiger charge is 1.86. The molecular weight excluding hydrogens is 259 g/mol. The largest absolute Gasteiger partial charge is 0.0874 e. The summed E-state index contributed by atoms with van der Waals surface area (Å²) >= 11 is 2.36. The third kappa shape index (κ3) is 3.90. The van der Waals surface area contributed by atoms with Gasteiger partial charge in [0.15, 0.2) is 0 Å². The van der Waals surface area contributed by atoms with Crippen LogP contribution in [0.2, 0.25) is 0 Å². The molecule has 1 aromatic rings. The molecule has 0 aliphatic heterocycles. The van der Waals surface area contributed by atoms with E-state index in [9.17, 15) is 0 Å². The van der Waals surface area contributed by atoms with Crippen molar-refractivity contribution in [1.82, 2.24) is 0 Å². The van der Waals surface area contributed by atoms with Gasteiger partial charge in [0, 0.05) is 4.43 Å². The molecule has 0 radical (unpaired) electrons. The van der Waals surface area contributed by atoms with Gasteiger partial charge in [0.1, 0.15) is 0 Å². The number of alkyl halides is 1. The fraction of sp³-hybridized carbons (Fsp3) is 0.273. The second kappa shape index (κ2) is 6.23. The van der Waals surface area contributed by atoms with E-state index in [2.05, 4.69) is 65.1 Å². The molecule has 64 valence electrons. The van der Waals surface area contributed by atoms with Crippen LogP contribution in [0.1, 0.15) is 12.0 Å². The zero-order valence-corrected chi connectivity index (χ0v) is 9.20. The Balaban J connectivity index is 2.29. The van der Waals surface area contributed by atoms with Gasteiger partial charge in [-0.15, -0.1) is 0 Å². The van der Waals surface area contributed by atoms with E-state index in [0.717, 1.165) is 17.3 Å². The van der Waals surface area contributed by atoms with Crippen LogP contribution in [-0.4, -0.2) is 4.43 Å². The van der Waals surface area contributed by atoms with Gasteiger partial charge >= 0.3 is 0 Å². The zero-order valence-electron chi connectivity index (χ0n) is 7.04. The molecule has 0 unspecified atom stereocenters. The van der Waals surface area contributed by atoms with E-state index in [0.29, 0.717) is 0 Å². The number of halogens is 1. The second-order valence-corrected chi connectivity index (χ2v) is 3.53. The van der Waals surface area contributed by atoms with Crippen LogP contribution in [-0.2, 0) is 6.42 Å². The Morgan fingerprint density at radius 2 is 1.83 bits per heavy atom. The number of aryl methyl sites for hydroxylation is 1. The molecule has 0 N–H and O–H groups in total. The third-order valence-corrected chi connectivity index (χ3v) is 2.21. The fourth-order valence-electron chi connectivity index (χ4n) is 1.08. The third-order valence-electron chi connectivity index (χ3n) is 1.70. The maximum Gasteiger partial charge on any atom is 0.0175 e. The molecule has 0 heterocycles. The van der Waals surface area contributed by atoms with Crippen LogP contribution in [0.25, 0.3) is 0 Å². The van der Waals surface area contributed by atoms with Crippen LogP contribution in [0, 0.1) is 0 Å². The van der Waals surface area contributed by atoms with Gasteiger partial charge in [0.25, 0.3) is 0 Å². The molecule has 0 saturated carbocycles. The summed E-state index contributed by atoms with van der Waals surface area (Å²) in [5, 5.41) is 0. The van der Waals surface area contributed by atoms with Gasteiger partial charge in [-0.25, -0.2) is 0 Å². The predicted octanol–water partition coefficient (Wildman–Crippen LogP) is 3.61. The van der Waals surface area contributed by atoms with E-state index < -0.39 is 0 Å². The first-order valence-electron chi connectivity index (χ1n) is 4.18. The molecule has 0 aliphatic rings. The summed E-state index contributed by atoms with van der Waals surface area (Å²) in [4.78, 5) is 0. The van der Waals surface area contributed by atoms with Crippen molar-refractivity contribution in [2.24, 2.45) is 0 Å². The molecule has 0 fully saturated rings. The summed E-state index contributed by atoms with van der Waals surface area (Å²) in [6.45, 7) is 0. The second-order valence-electron chi connectivity index (χ2n) is 2.65. The lowest BCUT2D eigenvalue weighted by atomic mass is 10.1. The van der Waals surface area contributed by atoms with Gasteiger partial charge in [0.2, 0.25) is 0 Å². The Bertz CT molecular complexity index is 226. The van der Waals surface area contributed by atoms with Gasteiger partial charge in [-0.3, -0.25) is 0 Å². The monoisotopic (exact) mass is 272 g/mol. The fourth-order valence-corrected chi connectivity index (χ4v) is 1.44. The average Bonchev–Trinajstić information content (AvgIpc) is 2.14. The summed E-state index contributed by atoms with van der Waals surface area (Å²) in [7, 11) is 0. The lowest BCUT2D eigenvalue weighted by Crippen LogP contribution is -1.80. The smallest absolute Gasteiger partial charge is 0.0175 e. The van der Waals surface area contributed by atoms with Crippen molar-refractivity contribution in [3.63, 3.8) is 0 Å². The normalized spacial score (nSPS) is 10.8. The van der Waals surface area contributed by atoms with Gasteiger partial charge < -0.3 is 0 Å². The van der Waals surface area contributed by atoms with E-state index in [1.54, 1.807) is 0 Å². The van der Waals surface area contributed by atoms with Gasteiger partial charge in [0.05, 0.1) is 0 Å². The lowest BCUT2D eigenvalue weighted by molar-refractivity contribution is 1.00. The van der Waals surface area contributed by atoms with Crippen molar-refractivity contribution in [1.29, 1.82) is 0 Å². The summed E-state index contributed by atoms with van der Waals surface area (Å²) in [6, 6.07) is 10.6. The topological polar surface area (TPSA) is 0 Å². The zero-order chi connectivity index (χ0) is 8.65. The summed E-state index contributed by atoms with van der Waals surface area (Å²) in [5.41, 5.74) is 1.43. The Kier molecular flexibility index (Phi) is 5.08. The first-order valence-corrected chi connectivity index (χ1v) is 5.71. The predicted molar refractivity (Wildman–Crippen MR) is 62.8 cm³/mol. The summed E-state index contributed by atoms with van der Waals surface area (Å²) in [5.74, 6) is 0. The first-order chi connectivity index (χ1) is 5.93. The minimum atomic E-state index is 1.12. The van der Waals surface area contributed by atoms with Gasteiger partial charge in [-0.2, -0.15) is 0 Å². The highest BCUT2D eigenvalue weighted by atomic mass is 127. The van der Waals surface area contributed by atoms with Crippen LogP contribution >= 0.6 is 22.6 Å². The molecule has 0 aromatic heterocycles. The highest BCUT2D eigenvalue weighted by Crippen LogP contribution is 2.02. The average molecular weight is 272 g/mol. The van der Waals surface area contributed by atoms with E-state index in [-0.39, 0.29) is 0 Å². The molecule has 1 aromatic carbocycles. The maximum atomic E-state index is 2.36.